The molecular formula is C19H27N3O3S. The van der Waals surface area contributed by atoms with Gasteiger partial charge in [-0.1, -0.05) is 30.3 Å². The molecule has 4 rings (SSSR count). The zero-order valence-electron chi connectivity index (χ0n) is 15.1. The molecule has 3 aliphatic rings. The maximum Gasteiger partial charge on any atom is 0.282 e. The van der Waals surface area contributed by atoms with Gasteiger partial charge in [0.15, 0.2) is 0 Å². The fourth-order valence-electron chi connectivity index (χ4n) is 4.35. The van der Waals surface area contributed by atoms with Crippen LogP contribution in [0.1, 0.15) is 43.7 Å². The SMILES string of the molecule is O=C([C@H]1CCCN(S(=O)(=O)N2CCC2c2ccccc2)C1)N1CCCC1. The molecule has 3 heterocycles. The van der Waals surface area contributed by atoms with E-state index in [4.69, 9.17) is 0 Å². The maximum absolute atomic E-state index is 13.2. The molecule has 7 heteroatoms. The molecule has 0 saturated carbocycles. The fourth-order valence-corrected chi connectivity index (χ4v) is 6.26. The number of carbonyl (C=O) groups excluding carboxylic acids is 1. The predicted molar refractivity (Wildman–Crippen MR) is 99.5 cm³/mol. The van der Waals surface area contributed by atoms with Gasteiger partial charge in [-0.2, -0.15) is 17.0 Å². The van der Waals surface area contributed by atoms with Crippen molar-refractivity contribution in [3.63, 3.8) is 0 Å². The summed E-state index contributed by atoms with van der Waals surface area (Å²) in [5.74, 6) is -0.0429. The number of hydrogen-bond acceptors (Lipinski definition) is 3. The Morgan fingerprint density at radius 2 is 1.65 bits per heavy atom. The summed E-state index contributed by atoms with van der Waals surface area (Å²) >= 11 is 0. The van der Waals surface area contributed by atoms with Crippen molar-refractivity contribution >= 4 is 16.1 Å². The minimum absolute atomic E-state index is 0.0733. The maximum atomic E-state index is 13.2. The summed E-state index contributed by atoms with van der Waals surface area (Å²) in [5, 5.41) is 0. The summed E-state index contributed by atoms with van der Waals surface area (Å²) in [6.45, 7) is 3.05. The molecule has 1 unspecified atom stereocenters. The van der Waals surface area contributed by atoms with E-state index in [-0.39, 0.29) is 17.9 Å². The molecule has 1 aromatic carbocycles. The average Bonchev–Trinajstić information content (AvgIpc) is 3.15. The Morgan fingerprint density at radius 1 is 0.923 bits per heavy atom. The molecule has 26 heavy (non-hydrogen) atoms. The molecule has 0 radical (unpaired) electrons. The lowest BCUT2D eigenvalue weighted by Gasteiger charge is -2.44. The van der Waals surface area contributed by atoms with Gasteiger partial charge in [0, 0.05) is 32.7 Å². The highest BCUT2D eigenvalue weighted by Gasteiger charge is 2.44. The Morgan fingerprint density at radius 3 is 2.31 bits per heavy atom. The summed E-state index contributed by atoms with van der Waals surface area (Å²) in [6, 6.07) is 9.75. The predicted octanol–water partition coefficient (Wildman–Crippen LogP) is 2.01. The minimum atomic E-state index is -3.52. The molecule has 0 bridgehead atoms. The lowest BCUT2D eigenvalue weighted by Crippen LogP contribution is -2.55. The van der Waals surface area contributed by atoms with Crippen molar-refractivity contribution in [1.82, 2.24) is 13.5 Å². The Hall–Kier alpha value is -1.44. The summed E-state index contributed by atoms with van der Waals surface area (Å²) in [4.78, 5) is 14.6. The first-order valence-electron chi connectivity index (χ1n) is 9.68. The number of amides is 1. The van der Waals surface area contributed by atoms with Crippen LogP contribution in [-0.2, 0) is 15.0 Å². The Balaban J connectivity index is 1.46. The van der Waals surface area contributed by atoms with Crippen molar-refractivity contribution in [2.45, 2.75) is 38.1 Å². The molecule has 0 aromatic heterocycles. The largest absolute Gasteiger partial charge is 0.342 e. The first-order chi connectivity index (χ1) is 12.6. The van der Waals surface area contributed by atoms with Gasteiger partial charge in [-0.05, 0) is 37.7 Å². The normalized spacial score (nSPS) is 28.1. The van der Waals surface area contributed by atoms with Gasteiger partial charge in [0.25, 0.3) is 10.2 Å². The highest BCUT2D eigenvalue weighted by molar-refractivity contribution is 7.86. The molecule has 2 atom stereocenters. The van der Waals surface area contributed by atoms with Gasteiger partial charge >= 0.3 is 0 Å². The third-order valence-corrected chi connectivity index (χ3v) is 7.94. The number of rotatable bonds is 4. The summed E-state index contributed by atoms with van der Waals surface area (Å²) in [5.41, 5.74) is 1.05. The van der Waals surface area contributed by atoms with Crippen LogP contribution in [0.2, 0.25) is 0 Å². The van der Waals surface area contributed by atoms with Gasteiger partial charge < -0.3 is 4.90 Å². The average molecular weight is 378 g/mol. The van der Waals surface area contributed by atoms with Crippen LogP contribution >= 0.6 is 0 Å². The molecule has 142 valence electrons. The lowest BCUT2D eigenvalue weighted by molar-refractivity contribution is -0.135. The van der Waals surface area contributed by atoms with Crippen molar-refractivity contribution in [1.29, 1.82) is 0 Å². The standard InChI is InChI=1S/C19H27N3O3S/c23-19(20-11-4-5-12-20)17-9-6-13-21(15-17)26(24,25)22-14-10-18(22)16-7-2-1-3-8-16/h1-3,7-8,17-18H,4-6,9-15H2/t17-,18?/m0/s1. The van der Waals surface area contributed by atoms with Crippen LogP contribution in [0.3, 0.4) is 0 Å². The van der Waals surface area contributed by atoms with Crippen LogP contribution in [0, 0.1) is 5.92 Å². The molecule has 3 aliphatic heterocycles. The first-order valence-corrected chi connectivity index (χ1v) is 11.1. The monoisotopic (exact) mass is 377 g/mol. The minimum Gasteiger partial charge on any atom is -0.342 e. The van der Waals surface area contributed by atoms with E-state index in [2.05, 4.69) is 0 Å². The summed E-state index contributed by atoms with van der Waals surface area (Å²) in [7, 11) is -3.52. The third kappa shape index (κ3) is 3.28. The molecular weight excluding hydrogens is 350 g/mol. The molecule has 6 nitrogen and oxygen atoms in total. The smallest absolute Gasteiger partial charge is 0.282 e. The van der Waals surface area contributed by atoms with Crippen LogP contribution in [0.25, 0.3) is 0 Å². The summed E-state index contributed by atoms with van der Waals surface area (Å²) in [6.07, 6.45) is 4.53. The van der Waals surface area contributed by atoms with E-state index in [1.165, 1.54) is 0 Å². The molecule has 1 aromatic rings. The summed E-state index contributed by atoms with van der Waals surface area (Å²) < 4.78 is 29.5. The van der Waals surface area contributed by atoms with Gasteiger partial charge in [-0.15, -0.1) is 0 Å². The van der Waals surface area contributed by atoms with Gasteiger partial charge in [0.2, 0.25) is 5.91 Å². The topological polar surface area (TPSA) is 60.9 Å². The van der Waals surface area contributed by atoms with E-state index in [1.807, 2.05) is 35.2 Å². The molecule has 3 saturated heterocycles. The van der Waals surface area contributed by atoms with E-state index < -0.39 is 10.2 Å². The van der Waals surface area contributed by atoms with Gasteiger partial charge in [-0.25, -0.2) is 0 Å². The lowest BCUT2D eigenvalue weighted by atomic mass is 9.98. The van der Waals surface area contributed by atoms with Gasteiger partial charge in [-0.3, -0.25) is 4.79 Å². The van der Waals surface area contributed by atoms with Crippen LogP contribution < -0.4 is 0 Å². The Bertz CT molecular complexity index is 747. The third-order valence-electron chi connectivity index (χ3n) is 5.93. The van der Waals surface area contributed by atoms with E-state index in [0.717, 1.165) is 50.8 Å². The zero-order chi connectivity index (χ0) is 18.1. The second kappa shape index (κ2) is 7.29. The second-order valence-corrected chi connectivity index (χ2v) is 9.44. The molecule has 3 fully saturated rings. The van der Waals surface area contributed by atoms with Crippen molar-refractivity contribution in [2.24, 2.45) is 5.92 Å². The molecule has 0 spiro atoms. The van der Waals surface area contributed by atoms with E-state index in [0.29, 0.717) is 19.6 Å². The number of benzene rings is 1. The number of piperidine rings is 1. The quantitative estimate of drug-likeness (QED) is 0.806. The van der Waals surface area contributed by atoms with Crippen LogP contribution in [0.5, 0.6) is 0 Å². The Labute approximate surface area is 155 Å². The van der Waals surface area contributed by atoms with Crippen molar-refractivity contribution in [2.75, 3.05) is 32.7 Å². The van der Waals surface area contributed by atoms with Crippen LogP contribution in [0.4, 0.5) is 0 Å². The fraction of sp³-hybridized carbons (Fsp3) is 0.632. The number of carbonyl (C=O) groups is 1. The Kier molecular flexibility index (Phi) is 5.03. The van der Waals surface area contributed by atoms with Crippen molar-refractivity contribution in [3.05, 3.63) is 35.9 Å². The molecule has 1 amide bonds. The zero-order valence-corrected chi connectivity index (χ0v) is 15.9. The van der Waals surface area contributed by atoms with E-state index in [1.54, 1.807) is 8.61 Å². The van der Waals surface area contributed by atoms with Crippen molar-refractivity contribution < 1.29 is 13.2 Å². The van der Waals surface area contributed by atoms with E-state index >= 15 is 0 Å². The second-order valence-electron chi connectivity index (χ2n) is 7.56. The van der Waals surface area contributed by atoms with Crippen LogP contribution in [0.15, 0.2) is 30.3 Å². The van der Waals surface area contributed by atoms with Gasteiger partial charge in [0.05, 0.1) is 12.0 Å². The number of nitrogens with zero attached hydrogens (tertiary/aromatic N) is 3. The number of likely N-dealkylation sites (tertiary alicyclic amines) is 1. The van der Waals surface area contributed by atoms with Crippen LogP contribution in [-0.4, -0.2) is 60.6 Å². The molecule has 0 N–H and O–H groups in total. The van der Waals surface area contributed by atoms with Crippen molar-refractivity contribution in [3.8, 4) is 0 Å². The highest BCUT2D eigenvalue weighted by Crippen LogP contribution is 2.37. The van der Waals surface area contributed by atoms with E-state index in [9.17, 15) is 13.2 Å². The highest BCUT2D eigenvalue weighted by atomic mass is 32.2. The van der Waals surface area contributed by atoms with Gasteiger partial charge in [0.1, 0.15) is 0 Å². The first kappa shape index (κ1) is 17.9. The number of hydrogen-bond donors (Lipinski definition) is 0. The molecule has 0 aliphatic carbocycles.